The van der Waals surface area contributed by atoms with Crippen LogP contribution in [0.15, 0.2) is 4.99 Å². The van der Waals surface area contributed by atoms with Crippen LogP contribution in [0.2, 0.25) is 0 Å². The minimum atomic E-state index is 0.217. The van der Waals surface area contributed by atoms with Crippen LogP contribution in [0.25, 0.3) is 0 Å². The van der Waals surface area contributed by atoms with Crippen LogP contribution >= 0.6 is 11.8 Å². The van der Waals surface area contributed by atoms with Crippen molar-refractivity contribution in [3.63, 3.8) is 0 Å². The van der Waals surface area contributed by atoms with Crippen molar-refractivity contribution in [2.75, 3.05) is 26.2 Å². The molecular formula is C11H21N3OS. The Morgan fingerprint density at radius 2 is 2.25 bits per heavy atom. The summed E-state index contributed by atoms with van der Waals surface area (Å²) in [5, 5.41) is 4.77. The summed E-state index contributed by atoms with van der Waals surface area (Å²) in [6, 6.07) is 0. The van der Waals surface area contributed by atoms with Crippen LogP contribution in [-0.2, 0) is 4.79 Å². The highest BCUT2D eigenvalue weighted by Gasteiger charge is 2.15. The van der Waals surface area contributed by atoms with E-state index >= 15 is 0 Å². The molecule has 0 aromatic carbocycles. The van der Waals surface area contributed by atoms with E-state index in [1.165, 1.54) is 0 Å². The Bertz CT molecular complexity index is 264. The number of hydrogen-bond acceptors (Lipinski definition) is 4. The van der Waals surface area contributed by atoms with E-state index in [-0.39, 0.29) is 5.91 Å². The second-order valence-electron chi connectivity index (χ2n) is 3.82. The average Bonchev–Trinajstić information content (AvgIpc) is 2.66. The molecule has 0 fully saturated rings. The van der Waals surface area contributed by atoms with Gasteiger partial charge in [0.1, 0.15) is 0 Å². The lowest BCUT2D eigenvalue weighted by atomic mass is 10.3. The van der Waals surface area contributed by atoms with Gasteiger partial charge in [0.2, 0.25) is 5.91 Å². The normalized spacial score (nSPS) is 19.4. The van der Waals surface area contributed by atoms with Crippen LogP contribution < -0.4 is 5.32 Å². The molecule has 0 aromatic rings. The van der Waals surface area contributed by atoms with E-state index in [9.17, 15) is 4.79 Å². The lowest BCUT2D eigenvalue weighted by Gasteiger charge is -2.18. The van der Waals surface area contributed by atoms with E-state index in [0.717, 1.165) is 24.8 Å². The second kappa shape index (κ2) is 6.78. The van der Waals surface area contributed by atoms with E-state index in [4.69, 9.17) is 0 Å². The summed E-state index contributed by atoms with van der Waals surface area (Å²) < 4.78 is 0. The van der Waals surface area contributed by atoms with Gasteiger partial charge >= 0.3 is 0 Å². The molecule has 1 rings (SSSR count). The highest BCUT2D eigenvalue weighted by Crippen LogP contribution is 2.18. The lowest BCUT2D eigenvalue weighted by Crippen LogP contribution is -2.33. The van der Waals surface area contributed by atoms with Gasteiger partial charge in [-0.2, -0.15) is 0 Å². The first-order chi connectivity index (χ1) is 7.67. The average molecular weight is 243 g/mol. The van der Waals surface area contributed by atoms with Crippen molar-refractivity contribution in [2.45, 2.75) is 32.4 Å². The monoisotopic (exact) mass is 243 g/mol. The summed E-state index contributed by atoms with van der Waals surface area (Å²) in [5.41, 5.74) is 0. The maximum absolute atomic E-state index is 11.7. The molecule has 1 aliphatic heterocycles. The molecule has 4 nitrogen and oxygen atoms in total. The summed E-state index contributed by atoms with van der Waals surface area (Å²) >= 11 is 1.75. The van der Waals surface area contributed by atoms with Crippen molar-refractivity contribution >= 4 is 22.8 Å². The summed E-state index contributed by atoms with van der Waals surface area (Å²) in [6.07, 6.45) is 0.551. The maximum Gasteiger partial charge on any atom is 0.224 e. The summed E-state index contributed by atoms with van der Waals surface area (Å²) in [7, 11) is 0. The molecule has 16 heavy (non-hydrogen) atoms. The van der Waals surface area contributed by atoms with Crippen LogP contribution in [0, 0.1) is 0 Å². The molecule has 5 heteroatoms. The quantitative estimate of drug-likeness (QED) is 0.792. The predicted octanol–water partition coefficient (Wildman–Crippen LogP) is 1.33. The Morgan fingerprint density at radius 3 is 2.75 bits per heavy atom. The van der Waals surface area contributed by atoms with Crippen LogP contribution in [0.4, 0.5) is 0 Å². The summed E-state index contributed by atoms with van der Waals surface area (Å²) in [5.74, 6) is 0.217. The minimum Gasteiger partial charge on any atom is -0.364 e. The summed E-state index contributed by atoms with van der Waals surface area (Å²) in [4.78, 5) is 17.9. The van der Waals surface area contributed by atoms with E-state index in [2.05, 4.69) is 17.2 Å². The fourth-order valence-corrected chi connectivity index (χ4v) is 2.45. The third kappa shape index (κ3) is 4.04. The van der Waals surface area contributed by atoms with Gasteiger partial charge in [0.05, 0.1) is 6.54 Å². The third-order valence-corrected chi connectivity index (χ3v) is 3.58. The van der Waals surface area contributed by atoms with Gasteiger partial charge in [0.25, 0.3) is 0 Å². The highest BCUT2D eigenvalue weighted by molar-refractivity contribution is 8.14. The zero-order valence-electron chi connectivity index (χ0n) is 10.3. The Morgan fingerprint density at radius 1 is 1.56 bits per heavy atom. The number of hydrogen-bond donors (Lipinski definition) is 1. The zero-order valence-corrected chi connectivity index (χ0v) is 11.1. The van der Waals surface area contributed by atoms with Gasteiger partial charge in [-0.3, -0.25) is 9.79 Å². The molecule has 0 saturated carbocycles. The highest BCUT2D eigenvalue weighted by atomic mass is 32.2. The van der Waals surface area contributed by atoms with Gasteiger partial charge in [-0.25, -0.2) is 0 Å². The van der Waals surface area contributed by atoms with Crippen LogP contribution in [0.1, 0.15) is 27.2 Å². The van der Waals surface area contributed by atoms with Gasteiger partial charge in [0.15, 0.2) is 5.17 Å². The van der Waals surface area contributed by atoms with Gasteiger partial charge in [-0.1, -0.05) is 18.7 Å². The van der Waals surface area contributed by atoms with Crippen molar-refractivity contribution in [3.8, 4) is 0 Å². The molecule has 0 aliphatic carbocycles. The Balaban J connectivity index is 2.18. The number of nitrogens with one attached hydrogen (secondary N) is 1. The fraction of sp³-hybridized carbons (Fsp3) is 0.818. The van der Waals surface area contributed by atoms with Crippen molar-refractivity contribution in [2.24, 2.45) is 4.99 Å². The number of amidine groups is 1. The molecule has 1 heterocycles. The van der Waals surface area contributed by atoms with Crippen LogP contribution in [0.3, 0.4) is 0 Å². The largest absolute Gasteiger partial charge is 0.364 e. The predicted molar refractivity (Wildman–Crippen MR) is 69.9 cm³/mol. The number of carbonyl (C=O) groups excluding carboxylic acids is 1. The molecule has 1 atom stereocenters. The molecule has 1 unspecified atom stereocenters. The van der Waals surface area contributed by atoms with Gasteiger partial charge in [0, 0.05) is 31.3 Å². The van der Waals surface area contributed by atoms with Crippen molar-refractivity contribution < 1.29 is 4.79 Å². The molecule has 0 aromatic heterocycles. The Labute approximate surface area is 102 Å². The van der Waals surface area contributed by atoms with Crippen LogP contribution in [-0.4, -0.2) is 47.4 Å². The number of rotatable bonds is 5. The molecule has 0 spiro atoms. The molecule has 0 bridgehead atoms. The fourth-order valence-electron chi connectivity index (χ4n) is 1.58. The van der Waals surface area contributed by atoms with Crippen molar-refractivity contribution in [1.82, 2.24) is 10.2 Å². The van der Waals surface area contributed by atoms with E-state index in [1.807, 2.05) is 18.7 Å². The van der Waals surface area contributed by atoms with E-state index in [1.54, 1.807) is 11.8 Å². The lowest BCUT2D eigenvalue weighted by molar-refractivity contribution is -0.130. The molecule has 0 saturated heterocycles. The first-order valence-corrected chi connectivity index (χ1v) is 6.78. The van der Waals surface area contributed by atoms with Crippen molar-refractivity contribution in [3.05, 3.63) is 0 Å². The van der Waals surface area contributed by atoms with Gasteiger partial charge in [-0.15, -0.1) is 0 Å². The number of nitrogens with zero attached hydrogens (tertiary/aromatic N) is 2. The number of carbonyl (C=O) groups is 1. The first kappa shape index (κ1) is 13.4. The molecule has 1 N–H and O–H groups in total. The van der Waals surface area contributed by atoms with Crippen molar-refractivity contribution in [1.29, 1.82) is 0 Å². The second-order valence-corrected chi connectivity index (χ2v) is 5.24. The Kier molecular flexibility index (Phi) is 5.66. The third-order valence-electron chi connectivity index (χ3n) is 2.54. The smallest absolute Gasteiger partial charge is 0.224 e. The summed E-state index contributed by atoms with van der Waals surface area (Å²) in [6.45, 7) is 9.33. The SMILES string of the molecule is CCN(CC)C(=O)CCNC1=NCC(C)S1. The van der Waals surface area contributed by atoms with Gasteiger partial charge < -0.3 is 10.2 Å². The van der Waals surface area contributed by atoms with Crippen LogP contribution in [0.5, 0.6) is 0 Å². The van der Waals surface area contributed by atoms with E-state index < -0.39 is 0 Å². The number of amides is 1. The molecule has 1 aliphatic rings. The zero-order chi connectivity index (χ0) is 12.0. The minimum absolute atomic E-state index is 0.217. The maximum atomic E-state index is 11.7. The van der Waals surface area contributed by atoms with E-state index in [0.29, 0.717) is 18.2 Å². The standard InChI is InChI=1S/C11H21N3OS/c1-4-14(5-2)10(15)6-7-12-11-13-8-9(3)16-11/h9H,4-8H2,1-3H3,(H,12,13). The number of aliphatic imine (C=N–C) groups is 1. The Hall–Kier alpha value is -0.710. The number of thioether (sulfide) groups is 1. The first-order valence-electron chi connectivity index (χ1n) is 5.90. The molecular weight excluding hydrogens is 222 g/mol. The topological polar surface area (TPSA) is 44.7 Å². The molecule has 0 radical (unpaired) electrons. The molecule has 92 valence electrons. The van der Waals surface area contributed by atoms with Gasteiger partial charge in [-0.05, 0) is 13.8 Å². The molecule has 1 amide bonds.